The Morgan fingerprint density at radius 3 is 2.62 bits per heavy atom. The second-order valence-electron chi connectivity index (χ2n) is 2.80. The van der Waals surface area contributed by atoms with Crippen molar-refractivity contribution in [3.05, 3.63) is 39.9 Å². The molecule has 0 aliphatic carbocycles. The smallest absolute Gasteiger partial charge is 0.269 e. The Kier molecular flexibility index (Phi) is 4.34. The molecule has 0 saturated carbocycles. The van der Waals surface area contributed by atoms with E-state index in [0.717, 1.165) is 5.56 Å². The SMILES string of the molecule is CNC(=S)N/N=C/c1ccc([N+](=O)[O-])cc1. The van der Waals surface area contributed by atoms with Crippen LogP contribution in [0.3, 0.4) is 0 Å². The summed E-state index contributed by atoms with van der Waals surface area (Å²) in [5.74, 6) is 0. The molecule has 2 N–H and O–H groups in total. The number of benzene rings is 1. The molecule has 7 heteroatoms. The van der Waals surface area contributed by atoms with Crippen molar-refractivity contribution >= 4 is 29.2 Å². The fraction of sp³-hybridized carbons (Fsp3) is 0.111. The maximum Gasteiger partial charge on any atom is 0.269 e. The van der Waals surface area contributed by atoms with Gasteiger partial charge in [-0.2, -0.15) is 5.10 Å². The Morgan fingerprint density at radius 1 is 1.50 bits per heavy atom. The van der Waals surface area contributed by atoms with E-state index >= 15 is 0 Å². The van der Waals surface area contributed by atoms with Crippen molar-refractivity contribution in [3.8, 4) is 0 Å². The second kappa shape index (κ2) is 5.76. The molecule has 0 spiro atoms. The zero-order valence-electron chi connectivity index (χ0n) is 8.51. The number of hydrogen-bond donors (Lipinski definition) is 2. The minimum Gasteiger partial charge on any atom is -0.364 e. The molecule has 0 saturated heterocycles. The van der Waals surface area contributed by atoms with Gasteiger partial charge in [0.1, 0.15) is 0 Å². The summed E-state index contributed by atoms with van der Waals surface area (Å²) in [6, 6.07) is 6.03. The Labute approximate surface area is 97.5 Å². The van der Waals surface area contributed by atoms with Crippen LogP contribution in [0, 0.1) is 10.1 Å². The quantitative estimate of drug-likeness (QED) is 0.356. The lowest BCUT2D eigenvalue weighted by Gasteiger charge is -1.99. The zero-order chi connectivity index (χ0) is 12.0. The molecule has 0 atom stereocenters. The van der Waals surface area contributed by atoms with Gasteiger partial charge in [-0.25, -0.2) is 0 Å². The first-order valence-electron chi connectivity index (χ1n) is 4.38. The van der Waals surface area contributed by atoms with E-state index in [1.54, 1.807) is 19.2 Å². The summed E-state index contributed by atoms with van der Waals surface area (Å²) < 4.78 is 0. The minimum absolute atomic E-state index is 0.0517. The van der Waals surface area contributed by atoms with Crippen molar-refractivity contribution in [2.45, 2.75) is 0 Å². The average molecular weight is 238 g/mol. The molecular weight excluding hydrogens is 228 g/mol. The van der Waals surface area contributed by atoms with Crippen LogP contribution in [0.5, 0.6) is 0 Å². The third-order valence-corrected chi connectivity index (χ3v) is 2.01. The first-order valence-corrected chi connectivity index (χ1v) is 4.79. The first-order chi connectivity index (χ1) is 7.63. The van der Waals surface area contributed by atoms with Crippen molar-refractivity contribution in [3.63, 3.8) is 0 Å². The molecule has 6 nitrogen and oxygen atoms in total. The van der Waals surface area contributed by atoms with Crippen LogP contribution in [-0.2, 0) is 0 Å². The van der Waals surface area contributed by atoms with Crippen molar-refractivity contribution in [2.75, 3.05) is 7.05 Å². The molecule has 0 bridgehead atoms. The van der Waals surface area contributed by atoms with Crippen molar-refractivity contribution in [2.24, 2.45) is 5.10 Å². The Hall–Kier alpha value is -2.02. The van der Waals surface area contributed by atoms with Crippen molar-refractivity contribution in [1.29, 1.82) is 0 Å². The molecule has 16 heavy (non-hydrogen) atoms. The van der Waals surface area contributed by atoms with E-state index in [4.69, 9.17) is 12.2 Å². The maximum atomic E-state index is 10.4. The van der Waals surface area contributed by atoms with E-state index in [1.807, 2.05) is 0 Å². The van der Waals surface area contributed by atoms with E-state index < -0.39 is 4.92 Å². The van der Waals surface area contributed by atoms with Crippen molar-refractivity contribution in [1.82, 2.24) is 10.7 Å². The van der Waals surface area contributed by atoms with Crippen LogP contribution in [-0.4, -0.2) is 23.3 Å². The van der Waals surface area contributed by atoms with Crippen LogP contribution >= 0.6 is 12.2 Å². The number of thiocarbonyl (C=S) groups is 1. The van der Waals surface area contributed by atoms with Gasteiger partial charge >= 0.3 is 0 Å². The summed E-state index contributed by atoms with van der Waals surface area (Å²) in [6.07, 6.45) is 1.52. The minimum atomic E-state index is -0.449. The van der Waals surface area contributed by atoms with E-state index in [9.17, 15) is 10.1 Å². The standard InChI is InChI=1S/C9H10N4O2S/c1-10-9(16)12-11-6-7-2-4-8(5-3-7)13(14)15/h2-6H,1H3,(H2,10,12,16)/b11-6+. The zero-order valence-corrected chi connectivity index (χ0v) is 9.32. The summed E-state index contributed by atoms with van der Waals surface area (Å²) in [7, 11) is 1.68. The highest BCUT2D eigenvalue weighted by molar-refractivity contribution is 7.80. The number of hydrazone groups is 1. The molecule has 0 amide bonds. The van der Waals surface area contributed by atoms with Crippen LogP contribution in [0.25, 0.3) is 0 Å². The maximum absolute atomic E-state index is 10.4. The fourth-order valence-corrected chi connectivity index (χ4v) is 0.956. The molecule has 0 fully saturated rings. The molecule has 0 aliphatic rings. The predicted octanol–water partition coefficient (Wildman–Crippen LogP) is 1.02. The van der Waals surface area contributed by atoms with Crippen LogP contribution < -0.4 is 10.7 Å². The summed E-state index contributed by atoms with van der Waals surface area (Å²) in [4.78, 5) is 9.94. The van der Waals surface area contributed by atoms with Gasteiger partial charge in [-0.15, -0.1) is 0 Å². The van der Waals surface area contributed by atoms with Gasteiger partial charge < -0.3 is 5.32 Å². The van der Waals surface area contributed by atoms with Gasteiger partial charge in [0.05, 0.1) is 11.1 Å². The highest BCUT2D eigenvalue weighted by Crippen LogP contribution is 2.10. The monoisotopic (exact) mass is 238 g/mol. The lowest BCUT2D eigenvalue weighted by molar-refractivity contribution is -0.384. The molecule has 84 valence electrons. The summed E-state index contributed by atoms with van der Waals surface area (Å²) in [6.45, 7) is 0. The predicted molar refractivity (Wildman–Crippen MR) is 65.5 cm³/mol. The number of hydrogen-bond acceptors (Lipinski definition) is 4. The first kappa shape index (κ1) is 12.1. The van der Waals surface area contributed by atoms with Crippen molar-refractivity contribution < 1.29 is 4.92 Å². The molecule has 0 aromatic heterocycles. The van der Waals surface area contributed by atoms with Crippen LogP contribution in [0.4, 0.5) is 5.69 Å². The number of nitrogens with one attached hydrogen (secondary N) is 2. The molecule has 0 radical (unpaired) electrons. The van der Waals surface area contributed by atoms with E-state index in [0.29, 0.717) is 5.11 Å². The second-order valence-corrected chi connectivity index (χ2v) is 3.21. The van der Waals surface area contributed by atoms with Gasteiger partial charge in [0.15, 0.2) is 5.11 Å². The Balaban J connectivity index is 2.61. The summed E-state index contributed by atoms with van der Waals surface area (Å²) >= 11 is 4.80. The Morgan fingerprint density at radius 2 is 2.12 bits per heavy atom. The molecule has 0 aliphatic heterocycles. The third kappa shape index (κ3) is 3.62. The largest absolute Gasteiger partial charge is 0.364 e. The van der Waals surface area contributed by atoms with Gasteiger partial charge in [0.2, 0.25) is 0 Å². The number of nitro groups is 1. The van der Waals surface area contributed by atoms with E-state index in [2.05, 4.69) is 15.8 Å². The average Bonchev–Trinajstić information content (AvgIpc) is 2.29. The lowest BCUT2D eigenvalue weighted by Crippen LogP contribution is -2.28. The van der Waals surface area contributed by atoms with Gasteiger partial charge in [-0.1, -0.05) is 0 Å². The highest BCUT2D eigenvalue weighted by atomic mass is 32.1. The molecule has 1 rings (SSSR count). The molecule has 0 unspecified atom stereocenters. The molecule has 1 aromatic rings. The lowest BCUT2D eigenvalue weighted by atomic mass is 10.2. The Bertz CT molecular complexity index is 416. The number of non-ortho nitro benzene ring substituents is 1. The van der Waals surface area contributed by atoms with Crippen LogP contribution in [0.15, 0.2) is 29.4 Å². The normalized spacial score (nSPS) is 10.1. The van der Waals surface area contributed by atoms with Crippen LogP contribution in [0.2, 0.25) is 0 Å². The van der Waals surface area contributed by atoms with Gasteiger partial charge in [-0.05, 0) is 29.9 Å². The number of rotatable bonds is 3. The summed E-state index contributed by atoms with van der Waals surface area (Å²) in [5, 5.41) is 17.3. The number of nitro benzene ring substituents is 1. The fourth-order valence-electron chi connectivity index (χ4n) is 0.903. The highest BCUT2D eigenvalue weighted by Gasteiger charge is 2.02. The van der Waals surface area contributed by atoms with Gasteiger partial charge in [0, 0.05) is 19.2 Å². The molecular formula is C9H10N4O2S. The van der Waals surface area contributed by atoms with Gasteiger partial charge in [-0.3, -0.25) is 15.5 Å². The summed E-state index contributed by atoms with van der Waals surface area (Å²) in [5.41, 5.74) is 3.37. The third-order valence-electron chi connectivity index (χ3n) is 1.71. The molecule has 1 aromatic carbocycles. The topological polar surface area (TPSA) is 79.6 Å². The van der Waals surface area contributed by atoms with E-state index in [-0.39, 0.29) is 5.69 Å². The van der Waals surface area contributed by atoms with Crippen LogP contribution in [0.1, 0.15) is 5.56 Å². The number of nitrogens with zero attached hydrogens (tertiary/aromatic N) is 2. The molecule has 0 heterocycles. The van der Waals surface area contributed by atoms with Gasteiger partial charge in [0.25, 0.3) is 5.69 Å². The van der Waals surface area contributed by atoms with E-state index in [1.165, 1.54) is 18.3 Å².